The minimum atomic E-state index is -4.87. The van der Waals surface area contributed by atoms with E-state index in [-0.39, 0.29) is 23.2 Å². The zero-order chi connectivity index (χ0) is 24.6. The van der Waals surface area contributed by atoms with Crippen molar-refractivity contribution in [2.45, 2.75) is 32.2 Å². The van der Waals surface area contributed by atoms with Gasteiger partial charge in [0.05, 0.1) is 29.2 Å². The van der Waals surface area contributed by atoms with Gasteiger partial charge in [-0.25, -0.2) is 0 Å². The lowest BCUT2D eigenvalue weighted by Gasteiger charge is -2.23. The molecule has 12 heteroatoms. The Morgan fingerprint density at radius 3 is 2.69 bits per heavy atom. The number of aromatic nitrogens is 5. The van der Waals surface area contributed by atoms with Gasteiger partial charge in [0, 0.05) is 6.54 Å². The van der Waals surface area contributed by atoms with E-state index >= 15 is 0 Å². The van der Waals surface area contributed by atoms with Crippen molar-refractivity contribution in [1.29, 1.82) is 0 Å². The highest BCUT2D eigenvalue weighted by Gasteiger charge is 2.37. The molecule has 2 aromatic carbocycles. The number of alkyl halides is 3. The minimum absolute atomic E-state index is 0.0291. The number of para-hydroxylation sites is 1. The average molecular weight is 484 g/mol. The van der Waals surface area contributed by atoms with Crippen LogP contribution < -0.4 is 4.74 Å². The van der Waals surface area contributed by atoms with E-state index in [4.69, 9.17) is 4.52 Å². The lowest BCUT2D eigenvalue weighted by atomic mass is 10.1. The molecule has 0 N–H and O–H groups in total. The van der Waals surface area contributed by atoms with Crippen LogP contribution in [0.2, 0.25) is 0 Å². The SMILES string of the molecule is Cc1ccc(-n2nccn2)c(C(=O)N2CCCC2c2nc(-c3ccccc3OC(F)(F)F)no2)c1. The van der Waals surface area contributed by atoms with Gasteiger partial charge in [0.2, 0.25) is 11.7 Å². The van der Waals surface area contributed by atoms with Crippen molar-refractivity contribution in [2.75, 3.05) is 6.54 Å². The van der Waals surface area contributed by atoms with Crippen molar-refractivity contribution in [3.63, 3.8) is 0 Å². The van der Waals surface area contributed by atoms with E-state index < -0.39 is 18.2 Å². The molecule has 0 bridgehead atoms. The van der Waals surface area contributed by atoms with Gasteiger partial charge >= 0.3 is 6.36 Å². The van der Waals surface area contributed by atoms with Gasteiger partial charge in [-0.15, -0.1) is 13.2 Å². The van der Waals surface area contributed by atoms with Crippen LogP contribution in [0.3, 0.4) is 0 Å². The van der Waals surface area contributed by atoms with Crippen molar-refractivity contribution < 1.29 is 27.2 Å². The summed E-state index contributed by atoms with van der Waals surface area (Å²) in [6, 6.07) is 10.4. The maximum atomic E-state index is 13.6. The third-order valence-corrected chi connectivity index (χ3v) is 5.61. The number of amides is 1. The molecule has 35 heavy (non-hydrogen) atoms. The van der Waals surface area contributed by atoms with Crippen LogP contribution in [-0.4, -0.2) is 48.8 Å². The Kier molecular flexibility index (Phi) is 5.71. The van der Waals surface area contributed by atoms with Crippen molar-refractivity contribution >= 4 is 5.91 Å². The second kappa shape index (κ2) is 8.85. The molecule has 1 amide bonds. The van der Waals surface area contributed by atoms with Crippen molar-refractivity contribution in [2.24, 2.45) is 0 Å². The van der Waals surface area contributed by atoms with E-state index in [1.807, 2.05) is 13.0 Å². The predicted octanol–water partition coefficient (Wildman–Crippen LogP) is 4.50. The van der Waals surface area contributed by atoms with Gasteiger partial charge in [-0.05, 0) is 44.0 Å². The fourth-order valence-corrected chi connectivity index (χ4v) is 4.10. The molecule has 9 nitrogen and oxygen atoms in total. The number of likely N-dealkylation sites (tertiary alicyclic amines) is 1. The van der Waals surface area contributed by atoms with E-state index in [1.165, 1.54) is 35.4 Å². The van der Waals surface area contributed by atoms with Gasteiger partial charge in [-0.1, -0.05) is 28.9 Å². The first-order chi connectivity index (χ1) is 16.8. The largest absolute Gasteiger partial charge is 0.573 e. The molecule has 180 valence electrons. The number of halogens is 3. The fourth-order valence-electron chi connectivity index (χ4n) is 4.10. The molecule has 1 aliphatic heterocycles. The maximum Gasteiger partial charge on any atom is 0.573 e. The van der Waals surface area contributed by atoms with Crippen molar-refractivity contribution in [3.8, 4) is 22.8 Å². The number of rotatable bonds is 5. The van der Waals surface area contributed by atoms with E-state index in [0.717, 1.165) is 5.56 Å². The molecular weight excluding hydrogens is 465 g/mol. The molecule has 1 fully saturated rings. The van der Waals surface area contributed by atoms with E-state index in [9.17, 15) is 18.0 Å². The molecule has 4 aromatic rings. The predicted molar refractivity (Wildman–Crippen MR) is 116 cm³/mol. The normalized spacial score (nSPS) is 16.0. The van der Waals surface area contributed by atoms with Crippen LogP contribution >= 0.6 is 0 Å². The first kappa shape index (κ1) is 22.6. The fraction of sp³-hybridized carbons (Fsp3) is 0.261. The highest BCUT2D eigenvalue weighted by molar-refractivity contribution is 5.98. The van der Waals surface area contributed by atoms with Crippen molar-refractivity contribution in [3.05, 3.63) is 71.9 Å². The van der Waals surface area contributed by atoms with E-state index in [2.05, 4.69) is 25.1 Å². The number of nitrogens with zero attached hydrogens (tertiary/aromatic N) is 6. The van der Waals surface area contributed by atoms with Gasteiger partial charge < -0.3 is 14.2 Å². The lowest BCUT2D eigenvalue weighted by molar-refractivity contribution is -0.274. The molecule has 1 saturated heterocycles. The summed E-state index contributed by atoms with van der Waals surface area (Å²) in [5, 5.41) is 12.1. The quantitative estimate of drug-likeness (QED) is 0.411. The third kappa shape index (κ3) is 4.59. The molecule has 3 heterocycles. The number of ether oxygens (including phenoxy) is 1. The van der Waals surface area contributed by atoms with Crippen LogP contribution in [0.4, 0.5) is 13.2 Å². The first-order valence-electron chi connectivity index (χ1n) is 10.8. The molecule has 2 aromatic heterocycles. The number of aryl methyl sites for hydroxylation is 1. The van der Waals surface area contributed by atoms with Crippen LogP contribution in [0, 0.1) is 6.92 Å². The van der Waals surface area contributed by atoms with E-state index in [1.54, 1.807) is 23.1 Å². The molecule has 1 unspecified atom stereocenters. The summed E-state index contributed by atoms with van der Waals surface area (Å²) in [5.74, 6) is -0.623. The summed E-state index contributed by atoms with van der Waals surface area (Å²) in [5.41, 5.74) is 1.86. The number of carbonyl (C=O) groups is 1. The van der Waals surface area contributed by atoms with E-state index in [0.29, 0.717) is 30.6 Å². The Balaban J connectivity index is 1.45. The summed E-state index contributed by atoms with van der Waals surface area (Å²) in [6.07, 6.45) is -0.565. The second-order valence-electron chi connectivity index (χ2n) is 8.00. The highest BCUT2D eigenvalue weighted by Crippen LogP contribution is 2.36. The number of carbonyl (C=O) groups excluding carboxylic acids is 1. The summed E-state index contributed by atoms with van der Waals surface area (Å²) >= 11 is 0. The molecule has 1 aliphatic rings. The Labute approximate surface area is 197 Å². The standard InChI is InChI=1S/C23H19F3N6O3/c1-14-8-9-17(32-27-10-11-28-32)16(13-14)22(33)31-12-4-6-18(31)21-29-20(30-35-21)15-5-2-3-7-19(15)34-23(24,25)26/h2-3,5,7-11,13,18H,4,6,12H2,1H3. The minimum Gasteiger partial charge on any atom is -0.405 e. The van der Waals surface area contributed by atoms with Crippen LogP contribution in [0.25, 0.3) is 17.1 Å². The molecule has 0 radical (unpaired) electrons. The van der Waals surface area contributed by atoms with Gasteiger partial charge in [-0.3, -0.25) is 4.79 Å². The summed E-state index contributed by atoms with van der Waals surface area (Å²) in [4.78, 5) is 20.9. The maximum absolute atomic E-state index is 13.6. The average Bonchev–Trinajstić information content (AvgIpc) is 3.59. The zero-order valence-corrected chi connectivity index (χ0v) is 18.4. The molecule has 5 rings (SSSR count). The van der Waals surface area contributed by atoms with Gasteiger partial charge in [-0.2, -0.15) is 20.0 Å². The van der Waals surface area contributed by atoms with Crippen LogP contribution in [0.5, 0.6) is 5.75 Å². The lowest BCUT2D eigenvalue weighted by Crippen LogP contribution is -2.31. The monoisotopic (exact) mass is 484 g/mol. The third-order valence-electron chi connectivity index (χ3n) is 5.61. The Morgan fingerprint density at radius 2 is 1.91 bits per heavy atom. The highest BCUT2D eigenvalue weighted by atomic mass is 19.4. The summed E-state index contributed by atoms with van der Waals surface area (Å²) < 4.78 is 47.9. The Bertz CT molecular complexity index is 1350. The zero-order valence-electron chi connectivity index (χ0n) is 18.4. The van der Waals surface area contributed by atoms with Crippen LogP contribution in [0.15, 0.2) is 59.4 Å². The molecule has 0 aliphatic carbocycles. The topological polar surface area (TPSA) is 99.2 Å². The summed E-state index contributed by atoms with van der Waals surface area (Å²) in [6.45, 7) is 2.33. The number of hydrogen-bond donors (Lipinski definition) is 0. The smallest absolute Gasteiger partial charge is 0.405 e. The second-order valence-corrected chi connectivity index (χ2v) is 8.00. The van der Waals surface area contributed by atoms with Gasteiger partial charge in [0.1, 0.15) is 11.8 Å². The molecule has 0 saturated carbocycles. The van der Waals surface area contributed by atoms with Gasteiger partial charge in [0.15, 0.2) is 0 Å². The summed E-state index contributed by atoms with van der Waals surface area (Å²) in [7, 11) is 0. The number of hydrogen-bond acceptors (Lipinski definition) is 7. The van der Waals surface area contributed by atoms with Crippen LogP contribution in [-0.2, 0) is 0 Å². The number of benzene rings is 2. The Morgan fingerprint density at radius 1 is 1.14 bits per heavy atom. The first-order valence-corrected chi connectivity index (χ1v) is 10.8. The van der Waals surface area contributed by atoms with Crippen LogP contribution in [0.1, 0.15) is 40.7 Å². The molecular formula is C23H19F3N6O3. The Hall–Kier alpha value is -4.22. The molecule has 1 atom stereocenters. The molecule has 0 spiro atoms. The van der Waals surface area contributed by atoms with Gasteiger partial charge in [0.25, 0.3) is 5.91 Å². The van der Waals surface area contributed by atoms with Crippen molar-refractivity contribution in [1.82, 2.24) is 30.0 Å².